The van der Waals surface area contributed by atoms with Crippen LogP contribution in [0.5, 0.6) is 0 Å². The summed E-state index contributed by atoms with van der Waals surface area (Å²) >= 11 is 1.69. The number of rotatable bonds is 6. The van der Waals surface area contributed by atoms with E-state index in [0.29, 0.717) is 0 Å². The highest BCUT2D eigenvalue weighted by molar-refractivity contribution is 7.09. The van der Waals surface area contributed by atoms with E-state index in [-0.39, 0.29) is 0 Å². The predicted octanol–water partition coefficient (Wildman–Crippen LogP) is 1.52. The molecule has 1 N–H and O–H groups in total. The molecule has 0 aliphatic heterocycles. The summed E-state index contributed by atoms with van der Waals surface area (Å²) in [6, 6.07) is 1.95. The van der Waals surface area contributed by atoms with Crippen molar-refractivity contribution in [2.75, 3.05) is 6.54 Å². The first kappa shape index (κ1) is 10.3. The molecule has 0 spiro atoms. The molecule has 80 valence electrons. The van der Waals surface area contributed by atoms with Crippen LogP contribution in [0.1, 0.15) is 11.4 Å². The average Bonchev–Trinajstić information content (AvgIpc) is 2.88. The van der Waals surface area contributed by atoms with Gasteiger partial charge in [-0.3, -0.25) is 4.68 Å². The van der Waals surface area contributed by atoms with Gasteiger partial charge >= 0.3 is 0 Å². The molecule has 0 fully saturated rings. The van der Waals surface area contributed by atoms with Crippen LogP contribution < -0.4 is 5.32 Å². The lowest BCUT2D eigenvalue weighted by Crippen LogP contribution is -2.16. The largest absolute Gasteiger partial charge is 0.310 e. The fourth-order valence-electron chi connectivity index (χ4n) is 1.33. The number of nitrogens with one attached hydrogen (secondary N) is 1. The quantitative estimate of drug-likeness (QED) is 0.754. The molecule has 0 bridgehead atoms. The third-order valence-electron chi connectivity index (χ3n) is 2.06. The van der Waals surface area contributed by atoms with Crippen LogP contribution in [0.25, 0.3) is 0 Å². The Labute approximate surface area is 93.0 Å². The van der Waals surface area contributed by atoms with E-state index in [4.69, 9.17) is 0 Å². The number of nitrogens with zero attached hydrogens (tertiary/aromatic N) is 3. The second kappa shape index (κ2) is 5.63. The van der Waals surface area contributed by atoms with E-state index < -0.39 is 0 Å². The second-order valence-corrected chi connectivity index (χ2v) is 4.20. The van der Waals surface area contributed by atoms with Crippen LogP contribution in [0.3, 0.4) is 0 Å². The molecular formula is C10H14N4S. The lowest BCUT2D eigenvalue weighted by molar-refractivity contribution is 0.543. The van der Waals surface area contributed by atoms with Gasteiger partial charge < -0.3 is 5.32 Å². The minimum Gasteiger partial charge on any atom is -0.310 e. The van der Waals surface area contributed by atoms with Crippen LogP contribution in [0.4, 0.5) is 0 Å². The van der Waals surface area contributed by atoms with E-state index in [1.165, 1.54) is 0 Å². The summed E-state index contributed by atoms with van der Waals surface area (Å²) in [7, 11) is 0. The number of aryl methyl sites for hydroxylation is 1. The zero-order valence-electron chi connectivity index (χ0n) is 8.47. The Morgan fingerprint density at radius 1 is 1.40 bits per heavy atom. The van der Waals surface area contributed by atoms with E-state index in [0.717, 1.165) is 31.1 Å². The van der Waals surface area contributed by atoms with E-state index in [1.54, 1.807) is 11.3 Å². The first-order chi connectivity index (χ1) is 7.45. The fraction of sp³-hybridized carbons (Fsp3) is 0.400. The van der Waals surface area contributed by atoms with Crippen molar-refractivity contribution in [1.29, 1.82) is 0 Å². The van der Waals surface area contributed by atoms with E-state index in [9.17, 15) is 0 Å². The molecule has 0 aliphatic rings. The average molecular weight is 222 g/mol. The third kappa shape index (κ3) is 3.45. The molecule has 0 atom stereocenters. The van der Waals surface area contributed by atoms with E-state index in [1.807, 2.05) is 34.7 Å². The van der Waals surface area contributed by atoms with E-state index >= 15 is 0 Å². The molecule has 2 aromatic rings. The van der Waals surface area contributed by atoms with Gasteiger partial charge in [0.1, 0.15) is 5.01 Å². The van der Waals surface area contributed by atoms with E-state index in [2.05, 4.69) is 15.4 Å². The van der Waals surface area contributed by atoms with Gasteiger partial charge in [0.15, 0.2) is 0 Å². The minimum atomic E-state index is 0.872. The molecule has 0 radical (unpaired) electrons. The van der Waals surface area contributed by atoms with Gasteiger partial charge in [0.05, 0.1) is 0 Å². The number of aromatic nitrogens is 3. The first-order valence-corrected chi connectivity index (χ1v) is 5.89. The normalized spacial score (nSPS) is 10.7. The molecular weight excluding hydrogens is 208 g/mol. The van der Waals surface area contributed by atoms with Crippen LogP contribution in [0.15, 0.2) is 30.0 Å². The molecule has 0 aliphatic carbocycles. The summed E-state index contributed by atoms with van der Waals surface area (Å²) in [5.41, 5.74) is 0. The van der Waals surface area contributed by atoms with Crippen molar-refractivity contribution >= 4 is 11.3 Å². The van der Waals surface area contributed by atoms with Crippen LogP contribution in [-0.2, 0) is 13.1 Å². The molecule has 2 aromatic heterocycles. The lowest BCUT2D eigenvalue weighted by atomic mass is 10.4. The topological polar surface area (TPSA) is 42.7 Å². The fourth-order valence-corrected chi connectivity index (χ4v) is 1.92. The van der Waals surface area contributed by atoms with Crippen molar-refractivity contribution in [1.82, 2.24) is 20.1 Å². The van der Waals surface area contributed by atoms with Crippen molar-refractivity contribution in [3.63, 3.8) is 0 Å². The Bertz CT molecular complexity index is 318. The van der Waals surface area contributed by atoms with Crippen LogP contribution in [-0.4, -0.2) is 21.3 Å². The molecule has 2 rings (SSSR count). The molecule has 4 nitrogen and oxygen atoms in total. The smallest absolute Gasteiger partial charge is 0.106 e. The van der Waals surface area contributed by atoms with Gasteiger partial charge in [0, 0.05) is 37.1 Å². The summed E-state index contributed by atoms with van der Waals surface area (Å²) in [4.78, 5) is 4.20. The summed E-state index contributed by atoms with van der Waals surface area (Å²) in [5.74, 6) is 0. The van der Waals surface area contributed by atoms with Crippen molar-refractivity contribution in [3.05, 3.63) is 35.0 Å². The van der Waals surface area contributed by atoms with Crippen molar-refractivity contribution in [3.8, 4) is 0 Å². The third-order valence-corrected chi connectivity index (χ3v) is 2.84. The Hall–Kier alpha value is -1.20. The number of thiazole rings is 1. The SMILES string of the molecule is c1cnn(CCCNCc2nccs2)c1. The molecule has 0 unspecified atom stereocenters. The highest BCUT2D eigenvalue weighted by atomic mass is 32.1. The van der Waals surface area contributed by atoms with Gasteiger partial charge in [-0.1, -0.05) is 0 Å². The molecule has 0 saturated carbocycles. The van der Waals surface area contributed by atoms with Gasteiger partial charge in [-0.15, -0.1) is 11.3 Å². The minimum absolute atomic E-state index is 0.872. The van der Waals surface area contributed by atoms with Gasteiger partial charge in [-0.05, 0) is 19.0 Å². The van der Waals surface area contributed by atoms with Crippen molar-refractivity contribution in [2.24, 2.45) is 0 Å². The summed E-state index contributed by atoms with van der Waals surface area (Å²) in [6.45, 7) is 2.84. The maximum Gasteiger partial charge on any atom is 0.106 e. The van der Waals surface area contributed by atoms with Crippen LogP contribution in [0, 0.1) is 0 Å². The summed E-state index contributed by atoms with van der Waals surface area (Å²) in [6.07, 6.45) is 6.72. The Kier molecular flexibility index (Phi) is 3.87. The Morgan fingerprint density at radius 3 is 3.13 bits per heavy atom. The second-order valence-electron chi connectivity index (χ2n) is 3.23. The highest BCUT2D eigenvalue weighted by Gasteiger charge is 1.94. The zero-order chi connectivity index (χ0) is 10.3. The monoisotopic (exact) mass is 222 g/mol. The highest BCUT2D eigenvalue weighted by Crippen LogP contribution is 2.02. The zero-order valence-corrected chi connectivity index (χ0v) is 9.28. The maximum atomic E-state index is 4.20. The van der Waals surface area contributed by atoms with Gasteiger partial charge in [0.2, 0.25) is 0 Å². The molecule has 0 amide bonds. The molecule has 15 heavy (non-hydrogen) atoms. The molecule has 2 heterocycles. The van der Waals surface area contributed by atoms with Crippen LogP contribution in [0.2, 0.25) is 0 Å². The van der Waals surface area contributed by atoms with Crippen molar-refractivity contribution < 1.29 is 0 Å². The van der Waals surface area contributed by atoms with Gasteiger partial charge in [-0.25, -0.2) is 4.98 Å². The summed E-state index contributed by atoms with van der Waals surface area (Å²) < 4.78 is 1.95. The Balaban J connectivity index is 1.56. The standard InChI is InChI=1S/C10H14N4S/c1(6-14-7-2-4-13-14)3-11-9-10-12-5-8-15-10/h2,4-5,7-8,11H,1,3,6,9H2. The lowest BCUT2D eigenvalue weighted by Gasteiger charge is -2.02. The van der Waals surface area contributed by atoms with Crippen molar-refractivity contribution in [2.45, 2.75) is 19.5 Å². The van der Waals surface area contributed by atoms with Crippen LogP contribution >= 0.6 is 11.3 Å². The first-order valence-electron chi connectivity index (χ1n) is 5.01. The molecule has 0 aromatic carbocycles. The number of hydrogen-bond acceptors (Lipinski definition) is 4. The molecule has 5 heteroatoms. The number of hydrogen-bond donors (Lipinski definition) is 1. The predicted molar refractivity (Wildman–Crippen MR) is 60.7 cm³/mol. The van der Waals surface area contributed by atoms with Gasteiger partial charge in [0.25, 0.3) is 0 Å². The Morgan fingerprint density at radius 2 is 2.40 bits per heavy atom. The summed E-state index contributed by atoms with van der Waals surface area (Å²) in [5, 5.41) is 10.6. The maximum absolute atomic E-state index is 4.20. The molecule has 0 saturated heterocycles. The van der Waals surface area contributed by atoms with Gasteiger partial charge in [-0.2, -0.15) is 5.10 Å².